The van der Waals surface area contributed by atoms with E-state index < -0.39 is 0 Å². The number of carbonyl (C=O) groups is 1. The fourth-order valence-corrected chi connectivity index (χ4v) is 2.39. The SMILES string of the molecule is COc1cc(OC)cc(C(=O)NCCC(C)c2ccccc2)c1. The Morgan fingerprint density at radius 1 is 1.04 bits per heavy atom. The van der Waals surface area contributed by atoms with Crippen LogP contribution >= 0.6 is 0 Å². The number of nitrogens with one attached hydrogen (secondary N) is 1. The van der Waals surface area contributed by atoms with Gasteiger partial charge < -0.3 is 14.8 Å². The third-order valence-corrected chi connectivity index (χ3v) is 3.85. The van der Waals surface area contributed by atoms with Gasteiger partial charge in [-0.15, -0.1) is 0 Å². The first kappa shape index (κ1) is 16.9. The molecule has 2 aromatic carbocycles. The Morgan fingerprint density at radius 2 is 1.65 bits per heavy atom. The van der Waals surface area contributed by atoms with Crippen LogP contribution in [0.5, 0.6) is 11.5 Å². The smallest absolute Gasteiger partial charge is 0.251 e. The van der Waals surface area contributed by atoms with Crippen molar-refractivity contribution < 1.29 is 14.3 Å². The van der Waals surface area contributed by atoms with Crippen LogP contribution in [0.15, 0.2) is 48.5 Å². The molecule has 1 atom stereocenters. The van der Waals surface area contributed by atoms with Crippen molar-refractivity contribution in [2.24, 2.45) is 0 Å². The summed E-state index contributed by atoms with van der Waals surface area (Å²) in [5.74, 6) is 1.48. The number of rotatable bonds is 7. The molecule has 0 fully saturated rings. The van der Waals surface area contributed by atoms with Crippen molar-refractivity contribution in [3.63, 3.8) is 0 Å². The van der Waals surface area contributed by atoms with Gasteiger partial charge in [-0.25, -0.2) is 0 Å². The van der Waals surface area contributed by atoms with E-state index in [0.717, 1.165) is 6.42 Å². The summed E-state index contributed by atoms with van der Waals surface area (Å²) in [4.78, 5) is 12.3. The molecule has 4 heteroatoms. The minimum Gasteiger partial charge on any atom is -0.497 e. The van der Waals surface area contributed by atoms with E-state index in [1.807, 2.05) is 18.2 Å². The number of hydrogen-bond acceptors (Lipinski definition) is 3. The molecule has 2 rings (SSSR count). The summed E-state index contributed by atoms with van der Waals surface area (Å²) in [5.41, 5.74) is 1.82. The highest BCUT2D eigenvalue weighted by atomic mass is 16.5. The molecular formula is C19H23NO3. The normalized spacial score (nSPS) is 11.6. The van der Waals surface area contributed by atoms with Crippen LogP contribution in [0.1, 0.15) is 35.2 Å². The van der Waals surface area contributed by atoms with Crippen LogP contribution in [0.3, 0.4) is 0 Å². The summed E-state index contributed by atoms with van der Waals surface area (Å²) >= 11 is 0. The Morgan fingerprint density at radius 3 is 2.22 bits per heavy atom. The Bertz CT molecular complexity index is 618. The summed E-state index contributed by atoms with van der Waals surface area (Å²) < 4.78 is 10.4. The zero-order valence-electron chi connectivity index (χ0n) is 13.8. The van der Waals surface area contributed by atoms with Crippen LogP contribution in [0, 0.1) is 0 Å². The zero-order valence-corrected chi connectivity index (χ0v) is 13.8. The summed E-state index contributed by atoms with van der Waals surface area (Å²) in [6, 6.07) is 15.5. The largest absolute Gasteiger partial charge is 0.497 e. The lowest BCUT2D eigenvalue weighted by atomic mass is 9.98. The molecule has 122 valence electrons. The average Bonchev–Trinajstić information content (AvgIpc) is 2.61. The van der Waals surface area contributed by atoms with E-state index in [2.05, 4.69) is 24.4 Å². The van der Waals surface area contributed by atoms with Gasteiger partial charge in [0.15, 0.2) is 0 Å². The fourth-order valence-electron chi connectivity index (χ4n) is 2.39. The Kier molecular flexibility index (Phi) is 6.03. The molecule has 0 aromatic heterocycles. The quantitative estimate of drug-likeness (QED) is 0.849. The molecule has 0 saturated heterocycles. The molecule has 0 heterocycles. The minimum absolute atomic E-state index is 0.123. The number of ether oxygens (including phenoxy) is 2. The van der Waals surface area contributed by atoms with Crippen LogP contribution in [-0.2, 0) is 0 Å². The molecule has 0 bridgehead atoms. The maximum absolute atomic E-state index is 12.3. The second-order valence-corrected chi connectivity index (χ2v) is 5.46. The van der Waals surface area contributed by atoms with Crippen LogP contribution in [0.25, 0.3) is 0 Å². The predicted molar refractivity (Wildman–Crippen MR) is 91.4 cm³/mol. The second-order valence-electron chi connectivity index (χ2n) is 5.46. The highest BCUT2D eigenvalue weighted by Crippen LogP contribution is 2.22. The van der Waals surface area contributed by atoms with E-state index in [1.165, 1.54) is 5.56 Å². The van der Waals surface area contributed by atoms with Crippen molar-refractivity contribution >= 4 is 5.91 Å². The molecule has 0 saturated carbocycles. The van der Waals surface area contributed by atoms with Gasteiger partial charge >= 0.3 is 0 Å². The van der Waals surface area contributed by atoms with Crippen molar-refractivity contribution in [2.75, 3.05) is 20.8 Å². The summed E-state index contributed by atoms with van der Waals surface area (Å²) in [7, 11) is 3.13. The zero-order chi connectivity index (χ0) is 16.7. The Balaban J connectivity index is 1.92. The van der Waals surface area contributed by atoms with Crippen molar-refractivity contribution in [2.45, 2.75) is 19.3 Å². The number of benzene rings is 2. The first-order valence-corrected chi connectivity index (χ1v) is 7.70. The first-order chi connectivity index (χ1) is 11.1. The maximum atomic E-state index is 12.3. The van der Waals surface area contributed by atoms with Gasteiger partial charge in [0.2, 0.25) is 0 Å². The average molecular weight is 313 g/mol. The van der Waals surface area contributed by atoms with E-state index >= 15 is 0 Å². The van der Waals surface area contributed by atoms with Gasteiger partial charge in [0.05, 0.1) is 14.2 Å². The lowest BCUT2D eigenvalue weighted by Gasteiger charge is -2.13. The van der Waals surface area contributed by atoms with Crippen LogP contribution in [0.4, 0.5) is 0 Å². The van der Waals surface area contributed by atoms with E-state index in [1.54, 1.807) is 32.4 Å². The van der Waals surface area contributed by atoms with Crippen molar-refractivity contribution in [3.05, 3.63) is 59.7 Å². The van der Waals surface area contributed by atoms with E-state index in [-0.39, 0.29) is 5.91 Å². The summed E-state index contributed by atoms with van der Waals surface area (Å²) in [5, 5.41) is 2.95. The topological polar surface area (TPSA) is 47.6 Å². The van der Waals surface area contributed by atoms with Gasteiger partial charge in [-0.1, -0.05) is 37.3 Å². The summed E-state index contributed by atoms with van der Waals surface area (Å²) in [6.45, 7) is 2.78. The highest BCUT2D eigenvalue weighted by Gasteiger charge is 2.11. The highest BCUT2D eigenvalue weighted by molar-refractivity contribution is 5.95. The lowest BCUT2D eigenvalue weighted by Crippen LogP contribution is -2.25. The van der Waals surface area contributed by atoms with Gasteiger partial charge in [0, 0.05) is 18.2 Å². The van der Waals surface area contributed by atoms with E-state index in [0.29, 0.717) is 29.5 Å². The predicted octanol–water partition coefficient (Wildman–Crippen LogP) is 3.63. The van der Waals surface area contributed by atoms with Crippen molar-refractivity contribution in [1.29, 1.82) is 0 Å². The van der Waals surface area contributed by atoms with E-state index in [9.17, 15) is 4.79 Å². The van der Waals surface area contributed by atoms with Gasteiger partial charge in [0.1, 0.15) is 11.5 Å². The lowest BCUT2D eigenvalue weighted by molar-refractivity contribution is 0.0952. The van der Waals surface area contributed by atoms with Crippen LogP contribution in [0.2, 0.25) is 0 Å². The molecule has 0 aliphatic carbocycles. The standard InChI is InChI=1S/C19H23NO3/c1-14(15-7-5-4-6-8-15)9-10-20-19(21)16-11-17(22-2)13-18(12-16)23-3/h4-8,11-14H,9-10H2,1-3H3,(H,20,21). The number of carbonyl (C=O) groups excluding carboxylic acids is 1. The van der Waals surface area contributed by atoms with Crippen molar-refractivity contribution in [1.82, 2.24) is 5.32 Å². The van der Waals surface area contributed by atoms with E-state index in [4.69, 9.17) is 9.47 Å². The van der Waals surface area contributed by atoms with Gasteiger partial charge in [-0.3, -0.25) is 4.79 Å². The third kappa shape index (κ3) is 4.74. The molecule has 2 aromatic rings. The molecule has 1 N–H and O–H groups in total. The molecule has 0 aliphatic rings. The first-order valence-electron chi connectivity index (χ1n) is 7.70. The monoisotopic (exact) mass is 313 g/mol. The molecule has 1 amide bonds. The number of methoxy groups -OCH3 is 2. The number of hydrogen-bond donors (Lipinski definition) is 1. The van der Waals surface area contributed by atoms with Gasteiger partial charge in [-0.2, -0.15) is 0 Å². The Hall–Kier alpha value is -2.49. The molecule has 1 unspecified atom stereocenters. The van der Waals surface area contributed by atoms with Crippen molar-refractivity contribution in [3.8, 4) is 11.5 Å². The number of amides is 1. The fraction of sp³-hybridized carbons (Fsp3) is 0.316. The molecule has 4 nitrogen and oxygen atoms in total. The molecule has 0 radical (unpaired) electrons. The molecule has 0 spiro atoms. The molecule has 0 aliphatic heterocycles. The minimum atomic E-state index is -0.123. The third-order valence-electron chi connectivity index (χ3n) is 3.85. The maximum Gasteiger partial charge on any atom is 0.251 e. The Labute approximate surface area is 137 Å². The second kappa shape index (κ2) is 8.22. The van der Waals surface area contributed by atoms with Crippen LogP contribution < -0.4 is 14.8 Å². The van der Waals surface area contributed by atoms with Gasteiger partial charge in [0.25, 0.3) is 5.91 Å². The molecular weight excluding hydrogens is 290 g/mol. The summed E-state index contributed by atoms with van der Waals surface area (Å²) in [6.07, 6.45) is 0.886. The van der Waals surface area contributed by atoms with Crippen LogP contribution in [-0.4, -0.2) is 26.7 Å². The molecule has 23 heavy (non-hydrogen) atoms. The van der Waals surface area contributed by atoms with Gasteiger partial charge in [-0.05, 0) is 30.0 Å².